The standard InChI is InChI=1S/C15H20N2O4/c1-11-3-2-4-13(9-11)16-15(18)21-10-12-5-7-14(8-6-12)17(19)20/h5-8,11,13H,2-4,9-10H2,1H3,(H,16,18). The fourth-order valence-corrected chi connectivity index (χ4v) is 2.64. The number of nitrogens with zero attached hydrogens (tertiary/aromatic N) is 1. The highest BCUT2D eigenvalue weighted by Gasteiger charge is 2.20. The van der Waals surface area contributed by atoms with E-state index in [4.69, 9.17) is 4.74 Å². The van der Waals surface area contributed by atoms with Crippen LogP contribution < -0.4 is 5.32 Å². The van der Waals surface area contributed by atoms with Gasteiger partial charge in [0.05, 0.1) is 4.92 Å². The Balaban J connectivity index is 1.76. The Hall–Kier alpha value is -2.11. The van der Waals surface area contributed by atoms with Gasteiger partial charge in [0, 0.05) is 18.2 Å². The zero-order chi connectivity index (χ0) is 15.2. The van der Waals surface area contributed by atoms with Crippen LogP contribution in [0.2, 0.25) is 0 Å². The average molecular weight is 292 g/mol. The highest BCUT2D eigenvalue weighted by molar-refractivity contribution is 5.67. The number of carbonyl (C=O) groups excluding carboxylic acids is 1. The minimum absolute atomic E-state index is 0.0272. The number of benzene rings is 1. The lowest BCUT2D eigenvalue weighted by atomic mass is 9.87. The van der Waals surface area contributed by atoms with Gasteiger partial charge < -0.3 is 10.1 Å². The summed E-state index contributed by atoms with van der Waals surface area (Å²) in [5.41, 5.74) is 0.757. The van der Waals surface area contributed by atoms with Crippen LogP contribution >= 0.6 is 0 Å². The predicted octanol–water partition coefficient (Wildman–Crippen LogP) is 3.40. The number of non-ortho nitro benzene ring substituents is 1. The van der Waals surface area contributed by atoms with Crippen molar-refractivity contribution in [3.05, 3.63) is 39.9 Å². The number of nitrogens with one attached hydrogen (secondary N) is 1. The highest BCUT2D eigenvalue weighted by atomic mass is 16.6. The van der Waals surface area contributed by atoms with E-state index in [-0.39, 0.29) is 18.3 Å². The summed E-state index contributed by atoms with van der Waals surface area (Å²) in [5.74, 6) is 0.638. The van der Waals surface area contributed by atoms with Crippen molar-refractivity contribution < 1.29 is 14.5 Å². The van der Waals surface area contributed by atoms with Crippen LogP contribution in [-0.4, -0.2) is 17.1 Å². The third-order valence-corrected chi connectivity index (χ3v) is 3.78. The Morgan fingerprint density at radius 2 is 2.10 bits per heavy atom. The lowest BCUT2D eigenvalue weighted by Crippen LogP contribution is -2.38. The van der Waals surface area contributed by atoms with Crippen molar-refractivity contribution in [2.24, 2.45) is 5.92 Å². The van der Waals surface area contributed by atoms with E-state index in [1.54, 1.807) is 12.1 Å². The molecule has 0 radical (unpaired) electrons. The molecule has 0 saturated heterocycles. The third-order valence-electron chi connectivity index (χ3n) is 3.78. The van der Waals surface area contributed by atoms with E-state index in [1.807, 2.05) is 0 Å². The van der Waals surface area contributed by atoms with E-state index in [1.165, 1.54) is 18.6 Å². The lowest BCUT2D eigenvalue weighted by Gasteiger charge is -2.27. The molecule has 6 nitrogen and oxygen atoms in total. The Morgan fingerprint density at radius 3 is 2.71 bits per heavy atom. The summed E-state index contributed by atoms with van der Waals surface area (Å²) in [7, 11) is 0. The van der Waals surface area contributed by atoms with Crippen LogP contribution in [0.5, 0.6) is 0 Å². The molecule has 0 aliphatic heterocycles. The number of nitro benzene ring substituents is 1. The van der Waals surface area contributed by atoms with Crippen LogP contribution in [0.3, 0.4) is 0 Å². The maximum absolute atomic E-state index is 11.7. The molecule has 2 atom stereocenters. The van der Waals surface area contributed by atoms with Crippen LogP contribution in [0.25, 0.3) is 0 Å². The molecule has 21 heavy (non-hydrogen) atoms. The summed E-state index contributed by atoms with van der Waals surface area (Å²) < 4.78 is 5.15. The molecular formula is C15H20N2O4. The molecule has 2 unspecified atom stereocenters. The molecule has 1 saturated carbocycles. The number of alkyl carbamates (subject to hydrolysis) is 1. The van der Waals surface area contributed by atoms with Gasteiger partial charge in [0.15, 0.2) is 0 Å². The average Bonchev–Trinajstić information content (AvgIpc) is 2.45. The Labute approximate surface area is 123 Å². The van der Waals surface area contributed by atoms with Gasteiger partial charge in [0.25, 0.3) is 5.69 Å². The number of carbonyl (C=O) groups is 1. The van der Waals surface area contributed by atoms with E-state index in [2.05, 4.69) is 12.2 Å². The van der Waals surface area contributed by atoms with Crippen molar-refractivity contribution in [3.8, 4) is 0 Å². The van der Waals surface area contributed by atoms with Crippen LogP contribution in [-0.2, 0) is 11.3 Å². The van der Waals surface area contributed by atoms with Gasteiger partial charge in [-0.25, -0.2) is 4.79 Å². The van der Waals surface area contributed by atoms with Gasteiger partial charge >= 0.3 is 6.09 Å². The molecule has 0 heterocycles. The van der Waals surface area contributed by atoms with E-state index in [0.29, 0.717) is 5.92 Å². The van der Waals surface area contributed by atoms with Crippen molar-refractivity contribution in [1.82, 2.24) is 5.32 Å². The van der Waals surface area contributed by atoms with Gasteiger partial charge in [0.1, 0.15) is 6.61 Å². The Bertz CT molecular complexity index is 501. The fraction of sp³-hybridized carbons (Fsp3) is 0.533. The molecule has 0 bridgehead atoms. The summed E-state index contributed by atoms with van der Waals surface area (Å²) >= 11 is 0. The third kappa shape index (κ3) is 4.73. The first kappa shape index (κ1) is 15.3. The van der Waals surface area contributed by atoms with Crippen LogP contribution in [0, 0.1) is 16.0 Å². The monoisotopic (exact) mass is 292 g/mol. The van der Waals surface area contributed by atoms with Crippen molar-refractivity contribution in [3.63, 3.8) is 0 Å². The molecule has 114 valence electrons. The molecule has 1 amide bonds. The summed E-state index contributed by atoms with van der Waals surface area (Å²) in [6.45, 7) is 2.31. The molecule has 6 heteroatoms. The van der Waals surface area contributed by atoms with Gasteiger partial charge in [-0.3, -0.25) is 10.1 Å². The van der Waals surface area contributed by atoms with Crippen molar-refractivity contribution in [2.45, 2.75) is 45.3 Å². The molecule has 1 aliphatic rings. The van der Waals surface area contributed by atoms with E-state index < -0.39 is 11.0 Å². The first-order valence-corrected chi connectivity index (χ1v) is 7.21. The van der Waals surface area contributed by atoms with Crippen LogP contribution in [0.1, 0.15) is 38.2 Å². The fourth-order valence-electron chi connectivity index (χ4n) is 2.64. The van der Waals surface area contributed by atoms with Gasteiger partial charge in [-0.05, 0) is 36.5 Å². The van der Waals surface area contributed by atoms with Crippen molar-refractivity contribution in [1.29, 1.82) is 0 Å². The first-order valence-electron chi connectivity index (χ1n) is 7.21. The van der Waals surface area contributed by atoms with Crippen molar-refractivity contribution >= 4 is 11.8 Å². The van der Waals surface area contributed by atoms with Gasteiger partial charge in [-0.1, -0.05) is 19.8 Å². The minimum atomic E-state index is -0.457. The normalized spacial score (nSPS) is 21.6. The van der Waals surface area contributed by atoms with Gasteiger partial charge in [-0.2, -0.15) is 0 Å². The second-order valence-electron chi connectivity index (χ2n) is 5.61. The highest BCUT2D eigenvalue weighted by Crippen LogP contribution is 2.23. The molecule has 1 aromatic carbocycles. The molecule has 1 aromatic rings. The summed E-state index contributed by atoms with van der Waals surface area (Å²) in [6.07, 6.45) is 3.92. The number of amides is 1. The molecule has 1 N–H and O–H groups in total. The van der Waals surface area contributed by atoms with E-state index >= 15 is 0 Å². The number of rotatable bonds is 4. The topological polar surface area (TPSA) is 81.5 Å². The predicted molar refractivity (Wildman–Crippen MR) is 77.8 cm³/mol. The number of ether oxygens (including phenoxy) is 1. The summed E-state index contributed by atoms with van der Waals surface area (Å²) in [6, 6.07) is 6.18. The lowest BCUT2D eigenvalue weighted by molar-refractivity contribution is -0.384. The maximum atomic E-state index is 11.7. The molecule has 0 aromatic heterocycles. The molecule has 2 rings (SSSR count). The van der Waals surface area contributed by atoms with E-state index in [0.717, 1.165) is 24.8 Å². The molecular weight excluding hydrogens is 272 g/mol. The maximum Gasteiger partial charge on any atom is 0.407 e. The smallest absolute Gasteiger partial charge is 0.407 e. The number of hydrogen-bond donors (Lipinski definition) is 1. The quantitative estimate of drug-likeness (QED) is 0.681. The molecule has 0 spiro atoms. The zero-order valence-corrected chi connectivity index (χ0v) is 12.1. The minimum Gasteiger partial charge on any atom is -0.445 e. The summed E-state index contributed by atoms with van der Waals surface area (Å²) in [4.78, 5) is 21.8. The summed E-state index contributed by atoms with van der Waals surface area (Å²) in [5, 5.41) is 13.4. The second kappa shape index (κ2) is 7.06. The first-order chi connectivity index (χ1) is 10.0. The van der Waals surface area contributed by atoms with Crippen molar-refractivity contribution in [2.75, 3.05) is 0 Å². The van der Waals surface area contributed by atoms with E-state index in [9.17, 15) is 14.9 Å². The Morgan fingerprint density at radius 1 is 1.38 bits per heavy atom. The SMILES string of the molecule is CC1CCCC(NC(=O)OCc2ccc([N+](=O)[O-])cc2)C1. The Kier molecular flexibility index (Phi) is 5.14. The van der Waals surface area contributed by atoms with Gasteiger partial charge in [0.2, 0.25) is 0 Å². The number of nitro groups is 1. The van der Waals surface area contributed by atoms with Crippen LogP contribution in [0.15, 0.2) is 24.3 Å². The zero-order valence-electron chi connectivity index (χ0n) is 12.1. The largest absolute Gasteiger partial charge is 0.445 e. The number of hydrogen-bond acceptors (Lipinski definition) is 4. The second-order valence-corrected chi connectivity index (χ2v) is 5.61. The van der Waals surface area contributed by atoms with Crippen LogP contribution in [0.4, 0.5) is 10.5 Å². The molecule has 1 fully saturated rings. The van der Waals surface area contributed by atoms with Gasteiger partial charge in [-0.15, -0.1) is 0 Å². The molecule has 1 aliphatic carbocycles.